The lowest BCUT2D eigenvalue weighted by molar-refractivity contribution is -0.119. The third kappa shape index (κ3) is 6.36. The van der Waals surface area contributed by atoms with Crippen LogP contribution >= 0.6 is 0 Å². The number of benzene rings is 2. The van der Waals surface area contributed by atoms with Crippen LogP contribution in [0, 0.1) is 5.92 Å². The fourth-order valence-electron chi connectivity index (χ4n) is 2.37. The van der Waals surface area contributed by atoms with Crippen molar-refractivity contribution in [2.45, 2.75) is 31.4 Å². The smallest absolute Gasteiger partial charge is 0.408 e. The van der Waals surface area contributed by atoms with Crippen LogP contribution in [0.25, 0.3) is 0 Å². The van der Waals surface area contributed by atoms with E-state index >= 15 is 0 Å². The molecule has 0 aliphatic carbocycles. The molecule has 0 bridgehead atoms. The number of sulfonamides is 1. The topological polar surface area (TPSA) is 128 Å². The van der Waals surface area contributed by atoms with E-state index in [1.54, 1.807) is 13.8 Å². The van der Waals surface area contributed by atoms with Gasteiger partial charge in [0.15, 0.2) is 0 Å². The minimum Gasteiger partial charge on any atom is -0.445 e. The van der Waals surface area contributed by atoms with Crippen LogP contribution in [0.2, 0.25) is 0 Å². The molecule has 0 saturated heterocycles. The van der Waals surface area contributed by atoms with Crippen LogP contribution in [0.5, 0.6) is 0 Å². The average molecular weight is 405 g/mol. The van der Waals surface area contributed by atoms with E-state index in [9.17, 15) is 18.0 Å². The van der Waals surface area contributed by atoms with Crippen molar-refractivity contribution >= 4 is 27.7 Å². The summed E-state index contributed by atoms with van der Waals surface area (Å²) in [5, 5.41) is 10.2. The minimum absolute atomic E-state index is 0.0616. The number of nitrogens with two attached hydrogens (primary N) is 1. The van der Waals surface area contributed by atoms with Crippen LogP contribution in [-0.4, -0.2) is 26.5 Å². The average Bonchev–Trinajstić information content (AvgIpc) is 2.64. The number of carbonyl (C=O) groups excluding carboxylic acids is 2. The highest BCUT2D eigenvalue weighted by molar-refractivity contribution is 7.89. The Morgan fingerprint density at radius 1 is 1.04 bits per heavy atom. The molecule has 8 nitrogen and oxygen atoms in total. The van der Waals surface area contributed by atoms with Gasteiger partial charge in [-0.3, -0.25) is 4.79 Å². The molecule has 1 atom stereocenters. The van der Waals surface area contributed by atoms with E-state index < -0.39 is 28.1 Å². The van der Waals surface area contributed by atoms with Gasteiger partial charge in [-0.15, -0.1) is 0 Å². The molecule has 150 valence electrons. The van der Waals surface area contributed by atoms with Gasteiger partial charge in [-0.25, -0.2) is 18.4 Å². The number of rotatable bonds is 7. The van der Waals surface area contributed by atoms with Crippen LogP contribution in [-0.2, 0) is 26.2 Å². The first kappa shape index (κ1) is 21.4. The monoisotopic (exact) mass is 405 g/mol. The molecular weight excluding hydrogens is 382 g/mol. The Bertz CT molecular complexity index is 912. The molecular formula is C19H23N3O5S. The van der Waals surface area contributed by atoms with Gasteiger partial charge in [0.2, 0.25) is 15.9 Å². The van der Waals surface area contributed by atoms with Crippen molar-refractivity contribution in [3.05, 3.63) is 60.2 Å². The fraction of sp³-hybridized carbons (Fsp3) is 0.263. The number of carbonyl (C=O) groups is 2. The second-order valence-electron chi connectivity index (χ2n) is 6.49. The molecule has 9 heteroatoms. The highest BCUT2D eigenvalue weighted by Gasteiger charge is 2.25. The zero-order valence-corrected chi connectivity index (χ0v) is 16.4. The zero-order chi connectivity index (χ0) is 20.7. The third-order valence-corrected chi connectivity index (χ3v) is 4.81. The Hall–Kier alpha value is -2.91. The lowest BCUT2D eigenvalue weighted by Crippen LogP contribution is -2.47. The molecule has 0 fully saturated rings. The largest absolute Gasteiger partial charge is 0.445 e. The molecule has 0 radical (unpaired) electrons. The normalized spacial score (nSPS) is 12.3. The number of anilines is 1. The lowest BCUT2D eigenvalue weighted by Gasteiger charge is -2.21. The number of alkyl carbamates (subject to hydrolysis) is 1. The van der Waals surface area contributed by atoms with Crippen LogP contribution in [0.15, 0.2) is 59.5 Å². The molecule has 0 unspecified atom stereocenters. The summed E-state index contributed by atoms with van der Waals surface area (Å²) in [6, 6.07) is 13.8. The van der Waals surface area contributed by atoms with E-state index in [4.69, 9.17) is 9.88 Å². The van der Waals surface area contributed by atoms with Gasteiger partial charge in [0, 0.05) is 5.69 Å². The second kappa shape index (κ2) is 9.34. The summed E-state index contributed by atoms with van der Waals surface area (Å²) < 4.78 is 27.7. The van der Waals surface area contributed by atoms with Gasteiger partial charge in [0.1, 0.15) is 12.6 Å². The summed E-state index contributed by atoms with van der Waals surface area (Å²) in [5.74, 6) is -0.650. The van der Waals surface area contributed by atoms with Crippen molar-refractivity contribution in [1.29, 1.82) is 0 Å². The Kier molecular flexibility index (Phi) is 7.13. The summed E-state index contributed by atoms with van der Waals surface area (Å²) in [6.45, 7) is 3.66. The summed E-state index contributed by atoms with van der Waals surface area (Å²) in [6.07, 6.45) is -0.706. The molecule has 2 amide bonds. The first-order valence-electron chi connectivity index (χ1n) is 8.58. The number of hydrogen-bond acceptors (Lipinski definition) is 5. The van der Waals surface area contributed by atoms with E-state index in [-0.39, 0.29) is 17.4 Å². The molecule has 0 heterocycles. The summed E-state index contributed by atoms with van der Waals surface area (Å²) in [4.78, 5) is 24.5. The number of nitrogens with one attached hydrogen (secondary N) is 2. The van der Waals surface area contributed by atoms with Gasteiger partial charge in [-0.2, -0.15) is 0 Å². The Morgan fingerprint density at radius 2 is 1.64 bits per heavy atom. The highest BCUT2D eigenvalue weighted by Crippen LogP contribution is 2.14. The van der Waals surface area contributed by atoms with Crippen LogP contribution < -0.4 is 15.8 Å². The van der Waals surface area contributed by atoms with Crippen molar-refractivity contribution in [2.24, 2.45) is 11.1 Å². The van der Waals surface area contributed by atoms with E-state index in [0.29, 0.717) is 5.69 Å². The maximum Gasteiger partial charge on any atom is 0.408 e. The van der Waals surface area contributed by atoms with Gasteiger partial charge in [-0.1, -0.05) is 44.2 Å². The quantitative estimate of drug-likeness (QED) is 0.651. The third-order valence-electron chi connectivity index (χ3n) is 3.89. The van der Waals surface area contributed by atoms with Crippen LogP contribution in [0.4, 0.5) is 10.5 Å². The van der Waals surface area contributed by atoms with E-state index in [2.05, 4.69) is 10.6 Å². The fourth-order valence-corrected chi connectivity index (χ4v) is 2.89. The maximum atomic E-state index is 12.5. The molecule has 28 heavy (non-hydrogen) atoms. The molecule has 0 spiro atoms. The van der Waals surface area contributed by atoms with Crippen LogP contribution in [0.1, 0.15) is 19.4 Å². The predicted octanol–water partition coefficient (Wildman–Crippen LogP) is 2.22. The molecule has 0 aromatic heterocycles. The highest BCUT2D eigenvalue weighted by atomic mass is 32.2. The van der Waals surface area contributed by atoms with Gasteiger partial charge in [0.05, 0.1) is 4.90 Å². The first-order chi connectivity index (χ1) is 13.2. The summed E-state index contributed by atoms with van der Waals surface area (Å²) >= 11 is 0. The SMILES string of the molecule is CC(C)[C@H](NC(=O)OCc1ccccc1)C(=O)Nc1ccc(S(N)(=O)=O)cc1. The van der Waals surface area contributed by atoms with E-state index in [0.717, 1.165) is 5.56 Å². The summed E-state index contributed by atoms with van der Waals surface area (Å²) in [7, 11) is -3.81. The molecule has 0 aliphatic heterocycles. The predicted molar refractivity (Wildman–Crippen MR) is 105 cm³/mol. The van der Waals surface area contributed by atoms with Crippen molar-refractivity contribution < 1.29 is 22.7 Å². The van der Waals surface area contributed by atoms with Gasteiger partial charge in [-0.05, 0) is 35.7 Å². The number of primary sulfonamides is 1. The first-order valence-corrected chi connectivity index (χ1v) is 10.1. The maximum absolute atomic E-state index is 12.5. The second-order valence-corrected chi connectivity index (χ2v) is 8.05. The number of hydrogen-bond donors (Lipinski definition) is 3. The van der Waals surface area contributed by atoms with E-state index in [1.807, 2.05) is 30.3 Å². The van der Waals surface area contributed by atoms with Gasteiger partial charge in [0.25, 0.3) is 0 Å². The van der Waals surface area contributed by atoms with Crippen molar-refractivity contribution in [1.82, 2.24) is 5.32 Å². The molecule has 4 N–H and O–H groups in total. The number of amides is 2. The van der Waals surface area contributed by atoms with Crippen molar-refractivity contribution in [3.8, 4) is 0 Å². The van der Waals surface area contributed by atoms with Crippen LogP contribution in [0.3, 0.4) is 0 Å². The van der Waals surface area contributed by atoms with Gasteiger partial charge < -0.3 is 15.4 Å². The number of ether oxygens (including phenoxy) is 1. The molecule has 2 aromatic carbocycles. The van der Waals surface area contributed by atoms with Gasteiger partial charge >= 0.3 is 6.09 Å². The summed E-state index contributed by atoms with van der Waals surface area (Å²) in [5.41, 5.74) is 1.21. The molecule has 2 aromatic rings. The zero-order valence-electron chi connectivity index (χ0n) is 15.6. The minimum atomic E-state index is -3.81. The van der Waals surface area contributed by atoms with E-state index in [1.165, 1.54) is 24.3 Å². The molecule has 0 aliphatic rings. The molecule has 0 saturated carbocycles. The van der Waals surface area contributed by atoms with Crippen molar-refractivity contribution in [3.63, 3.8) is 0 Å². The Morgan fingerprint density at radius 3 is 2.18 bits per heavy atom. The molecule has 2 rings (SSSR count). The standard InChI is InChI=1S/C19H23N3O5S/c1-13(2)17(22-19(24)27-12-14-6-4-3-5-7-14)18(23)21-15-8-10-16(11-9-15)28(20,25)26/h3-11,13,17H,12H2,1-2H3,(H,21,23)(H,22,24)(H2,20,25,26)/t17-/m0/s1. The Balaban J connectivity index is 1.96. The van der Waals surface area contributed by atoms with Crippen molar-refractivity contribution in [2.75, 3.05) is 5.32 Å². The lowest BCUT2D eigenvalue weighted by atomic mass is 10.0. The Labute approximate surface area is 164 Å².